The Labute approximate surface area is 229 Å². The number of hydrogen-bond acceptors (Lipinski definition) is 8. The maximum Gasteiger partial charge on any atom is 0.407 e. The molecule has 4 aliphatic carbocycles. The van der Waals surface area contributed by atoms with E-state index in [4.69, 9.17) is 9.47 Å². The van der Waals surface area contributed by atoms with Crippen molar-refractivity contribution < 1.29 is 38.6 Å². The summed E-state index contributed by atoms with van der Waals surface area (Å²) in [6.07, 6.45) is 7.13. The number of nitrogens with one attached hydrogen (secondary N) is 1. The Balaban J connectivity index is 1.35. The lowest BCUT2D eigenvalue weighted by atomic mass is 9.46. The van der Waals surface area contributed by atoms with Gasteiger partial charge in [0.15, 0.2) is 12.4 Å². The minimum Gasteiger partial charge on any atom is -0.458 e. The predicted octanol–water partition coefficient (Wildman–Crippen LogP) is 3.62. The van der Waals surface area contributed by atoms with E-state index in [1.165, 1.54) is 0 Å². The number of alkyl carbamates (subject to hydrolysis) is 1. The van der Waals surface area contributed by atoms with Crippen molar-refractivity contribution >= 4 is 29.4 Å². The molecule has 4 aliphatic rings. The van der Waals surface area contributed by atoms with Gasteiger partial charge in [0, 0.05) is 36.1 Å². The molecule has 0 radical (unpaired) electrons. The van der Waals surface area contributed by atoms with Gasteiger partial charge in [-0.05, 0) is 76.9 Å². The van der Waals surface area contributed by atoms with Gasteiger partial charge in [-0.1, -0.05) is 25.5 Å². The van der Waals surface area contributed by atoms with E-state index >= 15 is 0 Å². The molecule has 3 fully saturated rings. The minimum absolute atomic E-state index is 0.00176. The SMILES string of the molecule is CC(C)(C)OC(=O)NCCCC(=O)OCC(=O)[C@@]1(O)CC[C@H]2[C@@H]3CCC4=CC(=O)C=C[C@]4(C)[C@H]3C(=O)C[C@@]21C. The van der Waals surface area contributed by atoms with Gasteiger partial charge >= 0.3 is 12.1 Å². The van der Waals surface area contributed by atoms with Crippen LogP contribution in [0.25, 0.3) is 0 Å². The highest BCUT2D eigenvalue weighted by Gasteiger charge is 2.68. The van der Waals surface area contributed by atoms with Crippen LogP contribution in [-0.2, 0) is 28.7 Å². The lowest BCUT2D eigenvalue weighted by molar-refractivity contribution is -0.172. The Kier molecular flexibility index (Phi) is 7.71. The zero-order valence-corrected chi connectivity index (χ0v) is 23.6. The summed E-state index contributed by atoms with van der Waals surface area (Å²) in [6, 6.07) is 0. The maximum absolute atomic E-state index is 13.7. The number of ketones is 3. The predicted molar refractivity (Wildman–Crippen MR) is 141 cm³/mol. The molecule has 0 spiro atoms. The lowest BCUT2D eigenvalue weighted by Crippen LogP contribution is -2.60. The first-order valence-electron chi connectivity index (χ1n) is 14.0. The number of Topliss-reactive ketones (excluding diaryl/α,β-unsaturated/α-hetero) is 2. The van der Waals surface area contributed by atoms with Crippen LogP contribution in [0.1, 0.15) is 79.6 Å². The van der Waals surface area contributed by atoms with E-state index in [2.05, 4.69) is 5.32 Å². The number of fused-ring (bicyclic) bond motifs is 5. The van der Waals surface area contributed by atoms with Crippen LogP contribution in [0.2, 0.25) is 0 Å². The van der Waals surface area contributed by atoms with Gasteiger partial charge in [0.05, 0.1) is 0 Å². The molecule has 0 aromatic heterocycles. The van der Waals surface area contributed by atoms with Crippen molar-refractivity contribution in [1.29, 1.82) is 0 Å². The number of hydrogen-bond donors (Lipinski definition) is 2. The third kappa shape index (κ3) is 5.34. The molecule has 9 nitrogen and oxygen atoms in total. The Hall–Kier alpha value is -2.81. The first kappa shape index (κ1) is 29.2. The smallest absolute Gasteiger partial charge is 0.407 e. The second-order valence-corrected chi connectivity index (χ2v) is 13.1. The Morgan fingerprint density at radius 2 is 1.87 bits per heavy atom. The second-order valence-electron chi connectivity index (χ2n) is 13.1. The molecule has 2 N–H and O–H groups in total. The Morgan fingerprint density at radius 3 is 2.56 bits per heavy atom. The fraction of sp³-hybridized carbons (Fsp3) is 0.700. The molecule has 0 aliphatic heterocycles. The highest BCUT2D eigenvalue weighted by Crippen LogP contribution is 2.66. The van der Waals surface area contributed by atoms with Gasteiger partial charge in [-0.15, -0.1) is 0 Å². The molecule has 0 aromatic rings. The molecule has 1 amide bonds. The molecule has 39 heavy (non-hydrogen) atoms. The summed E-state index contributed by atoms with van der Waals surface area (Å²) < 4.78 is 10.3. The largest absolute Gasteiger partial charge is 0.458 e. The van der Waals surface area contributed by atoms with Crippen molar-refractivity contribution in [2.24, 2.45) is 28.6 Å². The monoisotopic (exact) mass is 543 g/mol. The second kappa shape index (κ2) is 10.3. The summed E-state index contributed by atoms with van der Waals surface area (Å²) >= 11 is 0. The molecular formula is C30H41NO8. The van der Waals surface area contributed by atoms with Gasteiger partial charge in [0.2, 0.25) is 5.78 Å². The molecule has 0 bridgehead atoms. The molecule has 4 rings (SSSR count). The van der Waals surface area contributed by atoms with Crippen molar-refractivity contribution in [2.45, 2.75) is 90.8 Å². The summed E-state index contributed by atoms with van der Waals surface area (Å²) in [6.45, 7) is 8.76. The molecule has 0 aromatic carbocycles. The van der Waals surface area contributed by atoms with Gasteiger partial charge in [-0.25, -0.2) is 4.79 Å². The lowest BCUT2D eigenvalue weighted by Gasteiger charge is -2.56. The highest BCUT2D eigenvalue weighted by atomic mass is 16.6. The van der Waals surface area contributed by atoms with Crippen LogP contribution < -0.4 is 5.32 Å². The van der Waals surface area contributed by atoms with Gasteiger partial charge in [0.1, 0.15) is 17.0 Å². The first-order valence-corrected chi connectivity index (χ1v) is 14.0. The van der Waals surface area contributed by atoms with Gasteiger partial charge in [-0.3, -0.25) is 19.2 Å². The van der Waals surface area contributed by atoms with Crippen molar-refractivity contribution in [3.63, 3.8) is 0 Å². The minimum atomic E-state index is -1.76. The molecule has 0 unspecified atom stereocenters. The summed E-state index contributed by atoms with van der Waals surface area (Å²) in [5.74, 6) is -1.55. The zero-order valence-electron chi connectivity index (χ0n) is 23.6. The quantitative estimate of drug-likeness (QED) is 0.367. The first-order chi connectivity index (χ1) is 18.1. The van der Waals surface area contributed by atoms with Crippen LogP contribution in [0.15, 0.2) is 23.8 Å². The van der Waals surface area contributed by atoms with Crippen LogP contribution in [0.5, 0.6) is 0 Å². The molecule has 0 heterocycles. The molecule has 6 atom stereocenters. The number of carbonyl (C=O) groups is 5. The summed E-state index contributed by atoms with van der Waals surface area (Å²) in [7, 11) is 0. The van der Waals surface area contributed by atoms with Gasteiger partial charge in [0.25, 0.3) is 0 Å². The average molecular weight is 544 g/mol. The average Bonchev–Trinajstić information content (AvgIpc) is 3.10. The number of rotatable bonds is 7. The van der Waals surface area contributed by atoms with E-state index in [0.29, 0.717) is 19.3 Å². The van der Waals surface area contributed by atoms with Crippen molar-refractivity contribution in [1.82, 2.24) is 5.32 Å². The summed E-state index contributed by atoms with van der Waals surface area (Å²) in [4.78, 5) is 62.9. The van der Waals surface area contributed by atoms with Crippen molar-refractivity contribution in [3.05, 3.63) is 23.8 Å². The third-order valence-electron chi connectivity index (χ3n) is 9.46. The molecule has 9 heteroatoms. The van der Waals surface area contributed by atoms with Crippen LogP contribution in [-0.4, -0.2) is 58.9 Å². The summed E-state index contributed by atoms with van der Waals surface area (Å²) in [5.41, 5.74) is -2.85. The fourth-order valence-corrected chi connectivity index (χ4v) is 7.57. The van der Waals surface area contributed by atoms with Crippen molar-refractivity contribution in [3.8, 4) is 0 Å². The summed E-state index contributed by atoms with van der Waals surface area (Å²) in [5, 5.41) is 14.3. The standard InChI is InChI=1S/C30H41NO8/c1-27(2,3)39-26(36)31-14-6-7-24(35)38-17-23(34)30(37)13-11-21-20-9-8-18-15-19(32)10-12-28(18,4)25(20)22(33)16-29(21,30)5/h10,12,15,20-21,25,37H,6-9,11,13-14,16-17H2,1-5H3,(H,31,36)/t20-,21-,25+,28-,29-,30-/m0/s1. The number of esters is 1. The Bertz CT molecular complexity index is 1130. The molecule has 214 valence electrons. The fourth-order valence-electron chi connectivity index (χ4n) is 7.57. The topological polar surface area (TPSA) is 136 Å². The normalized spacial score (nSPS) is 35.3. The van der Waals surface area contributed by atoms with Crippen LogP contribution in [0.3, 0.4) is 0 Å². The van der Waals surface area contributed by atoms with E-state index in [9.17, 15) is 29.1 Å². The number of ether oxygens (including phenoxy) is 2. The van der Waals surface area contributed by atoms with Crippen LogP contribution in [0.4, 0.5) is 4.79 Å². The highest BCUT2D eigenvalue weighted by molar-refractivity contribution is 6.02. The maximum atomic E-state index is 13.7. The van der Waals surface area contributed by atoms with E-state index in [0.717, 1.165) is 12.0 Å². The van der Waals surface area contributed by atoms with E-state index < -0.39 is 46.5 Å². The number of aliphatic hydroxyl groups is 1. The zero-order chi connectivity index (χ0) is 28.8. The molecule has 3 saturated carbocycles. The van der Waals surface area contributed by atoms with Crippen LogP contribution in [0, 0.1) is 28.6 Å². The van der Waals surface area contributed by atoms with Gasteiger partial charge < -0.3 is 19.9 Å². The van der Waals surface area contributed by atoms with E-state index in [-0.39, 0.29) is 55.1 Å². The van der Waals surface area contributed by atoms with Crippen molar-refractivity contribution in [2.75, 3.05) is 13.2 Å². The Morgan fingerprint density at radius 1 is 1.15 bits per heavy atom. The number of amides is 1. The van der Waals surface area contributed by atoms with Gasteiger partial charge in [-0.2, -0.15) is 0 Å². The number of carbonyl (C=O) groups excluding carboxylic acids is 5. The van der Waals surface area contributed by atoms with Crippen LogP contribution >= 0.6 is 0 Å². The van der Waals surface area contributed by atoms with E-state index in [1.807, 2.05) is 19.9 Å². The van der Waals surface area contributed by atoms with E-state index in [1.54, 1.807) is 32.9 Å². The molecule has 0 saturated heterocycles. The third-order valence-corrected chi connectivity index (χ3v) is 9.46. The molecular weight excluding hydrogens is 502 g/mol. The number of allylic oxidation sites excluding steroid dienone is 4.